The molecule has 3 aromatic rings. The van der Waals surface area contributed by atoms with Crippen LogP contribution in [0.4, 0.5) is 4.39 Å². The Bertz CT molecular complexity index is 1290. The smallest absolute Gasteiger partial charge is 0.341 e. The second-order valence-electron chi connectivity index (χ2n) is 8.93. The van der Waals surface area contributed by atoms with Crippen LogP contribution in [0.1, 0.15) is 48.3 Å². The van der Waals surface area contributed by atoms with E-state index in [1.807, 2.05) is 20.8 Å². The fraction of sp³-hybridized carbons (Fsp3) is 0.375. The van der Waals surface area contributed by atoms with Crippen LogP contribution in [0.15, 0.2) is 35.3 Å². The maximum Gasteiger partial charge on any atom is 0.341 e. The summed E-state index contributed by atoms with van der Waals surface area (Å²) in [6, 6.07) is 5.30. The predicted octanol–water partition coefficient (Wildman–Crippen LogP) is 3.43. The van der Waals surface area contributed by atoms with Gasteiger partial charge < -0.3 is 24.6 Å². The van der Waals surface area contributed by atoms with Crippen molar-refractivity contribution >= 4 is 28.6 Å². The van der Waals surface area contributed by atoms with E-state index in [0.29, 0.717) is 5.56 Å². The van der Waals surface area contributed by atoms with Gasteiger partial charge in [-0.15, -0.1) is 0 Å². The molecule has 1 aromatic carbocycles. The summed E-state index contributed by atoms with van der Waals surface area (Å²) in [7, 11) is 0. The number of aliphatic hydroxyl groups is 2. The number of carbonyl (C=O) groups is 1. The van der Waals surface area contributed by atoms with Crippen LogP contribution in [-0.4, -0.2) is 50.7 Å². The molecule has 2 heterocycles. The fourth-order valence-electron chi connectivity index (χ4n) is 3.75. The number of pyridine rings is 2. The van der Waals surface area contributed by atoms with Gasteiger partial charge in [0.2, 0.25) is 11.3 Å². The van der Waals surface area contributed by atoms with Crippen molar-refractivity contribution in [2.24, 2.45) is 5.41 Å². The number of carboxylic acid groups (broad SMARTS) is 1. The molecule has 0 spiro atoms. The van der Waals surface area contributed by atoms with Gasteiger partial charge in [-0.05, 0) is 23.1 Å². The van der Waals surface area contributed by atoms with Crippen molar-refractivity contribution in [3.05, 3.63) is 68.2 Å². The van der Waals surface area contributed by atoms with Gasteiger partial charge in [0.25, 0.3) is 0 Å². The van der Waals surface area contributed by atoms with Crippen molar-refractivity contribution in [1.29, 1.82) is 0 Å². The first-order valence-electron chi connectivity index (χ1n) is 10.6. The van der Waals surface area contributed by atoms with Crippen LogP contribution in [-0.2, 0) is 6.42 Å². The molecule has 1 atom stereocenters. The van der Waals surface area contributed by atoms with E-state index < -0.39 is 34.2 Å². The first kappa shape index (κ1) is 25.6. The minimum Gasteiger partial charge on any atom is -0.477 e. The highest BCUT2D eigenvalue weighted by Crippen LogP contribution is 2.34. The van der Waals surface area contributed by atoms with Crippen LogP contribution < -0.4 is 10.2 Å². The summed E-state index contributed by atoms with van der Waals surface area (Å²) in [5, 5.41) is 28.9. The van der Waals surface area contributed by atoms with Crippen LogP contribution in [0.2, 0.25) is 5.02 Å². The second kappa shape index (κ2) is 10.1. The van der Waals surface area contributed by atoms with E-state index in [9.17, 15) is 29.3 Å². The number of fused-ring (bicyclic) bond motifs is 1. The molecule has 0 radical (unpaired) electrons. The monoisotopic (exact) mass is 492 g/mol. The number of carboxylic acids is 1. The number of aromatic carboxylic acids is 1. The lowest BCUT2D eigenvalue weighted by Crippen LogP contribution is -2.31. The van der Waals surface area contributed by atoms with Crippen molar-refractivity contribution < 1.29 is 29.2 Å². The molecular weight excluding hydrogens is 467 g/mol. The molecule has 10 heteroatoms. The highest BCUT2D eigenvalue weighted by atomic mass is 35.5. The molecule has 0 saturated carbocycles. The number of hydrogen-bond acceptors (Lipinski definition) is 6. The molecule has 3 N–H and O–H groups in total. The molecule has 0 unspecified atom stereocenters. The molecule has 2 aromatic heterocycles. The Balaban J connectivity index is 2.35. The van der Waals surface area contributed by atoms with E-state index in [1.54, 1.807) is 6.07 Å². The lowest BCUT2D eigenvalue weighted by atomic mass is 9.86. The zero-order valence-electron chi connectivity index (χ0n) is 19.0. The van der Waals surface area contributed by atoms with E-state index in [0.717, 1.165) is 6.20 Å². The molecule has 0 saturated heterocycles. The van der Waals surface area contributed by atoms with E-state index in [-0.39, 0.29) is 53.7 Å². The maximum absolute atomic E-state index is 14.6. The average Bonchev–Trinajstić information content (AvgIpc) is 2.76. The molecule has 0 aliphatic heterocycles. The summed E-state index contributed by atoms with van der Waals surface area (Å²) < 4.78 is 21.6. The first-order valence-corrected chi connectivity index (χ1v) is 11.0. The lowest BCUT2D eigenvalue weighted by molar-refractivity contribution is 0.0692. The molecule has 3 rings (SSSR count). The van der Waals surface area contributed by atoms with Gasteiger partial charge in [0.1, 0.15) is 23.6 Å². The summed E-state index contributed by atoms with van der Waals surface area (Å²) in [4.78, 5) is 29.4. The van der Waals surface area contributed by atoms with E-state index >= 15 is 0 Å². The molecule has 0 aliphatic rings. The topological polar surface area (TPSA) is 122 Å². The van der Waals surface area contributed by atoms with Gasteiger partial charge in [0.15, 0.2) is 0 Å². The minimum absolute atomic E-state index is 0.0172. The molecule has 0 fully saturated rings. The zero-order chi connectivity index (χ0) is 25.2. The van der Waals surface area contributed by atoms with Crippen molar-refractivity contribution in [1.82, 2.24) is 9.55 Å². The number of aromatic nitrogens is 2. The quantitative estimate of drug-likeness (QED) is 0.440. The SMILES string of the molecule is CC(C)(C)[C@@H](CO)n1cc(C(=O)O)c(=O)c2cc(Cc3cccc(Cl)c3F)c(OCCO)nc21. The van der Waals surface area contributed by atoms with Gasteiger partial charge in [-0.25, -0.2) is 9.18 Å². The number of benzene rings is 1. The Hall–Kier alpha value is -3.01. The average molecular weight is 493 g/mol. The standard InChI is InChI=1S/C24H26ClFN2O6/c1-24(2,3)18(12-30)28-11-16(23(32)33)20(31)15-10-14(22(27-21(15)28)34-8-7-29)9-13-5-4-6-17(25)19(13)26/h4-6,10-11,18,29-30H,7-9,12H2,1-3H3,(H,32,33)/t18-/m1/s1. The highest BCUT2D eigenvalue weighted by molar-refractivity contribution is 6.30. The van der Waals surface area contributed by atoms with Crippen LogP contribution in [0.5, 0.6) is 5.88 Å². The van der Waals surface area contributed by atoms with Crippen LogP contribution in [0.3, 0.4) is 0 Å². The third kappa shape index (κ3) is 5.06. The Labute approximate surface area is 200 Å². The number of aliphatic hydroxyl groups excluding tert-OH is 2. The Kier molecular flexibility index (Phi) is 7.60. The number of rotatable bonds is 8. The summed E-state index contributed by atoms with van der Waals surface area (Å²) >= 11 is 5.90. The normalized spacial score (nSPS) is 12.7. The van der Waals surface area contributed by atoms with E-state index in [2.05, 4.69) is 4.98 Å². The highest BCUT2D eigenvalue weighted by Gasteiger charge is 2.29. The summed E-state index contributed by atoms with van der Waals surface area (Å²) in [6.07, 6.45) is 1.12. The zero-order valence-corrected chi connectivity index (χ0v) is 19.8. The van der Waals surface area contributed by atoms with Crippen LogP contribution >= 0.6 is 11.6 Å². The molecule has 0 amide bonds. The van der Waals surface area contributed by atoms with Gasteiger partial charge in [0, 0.05) is 18.2 Å². The van der Waals surface area contributed by atoms with Crippen LogP contribution in [0, 0.1) is 11.2 Å². The van der Waals surface area contributed by atoms with Gasteiger partial charge in [-0.3, -0.25) is 4.79 Å². The Morgan fingerprint density at radius 1 is 1.26 bits per heavy atom. The van der Waals surface area contributed by atoms with Gasteiger partial charge in [0.05, 0.1) is 29.7 Å². The Morgan fingerprint density at radius 3 is 2.56 bits per heavy atom. The number of hydrogen-bond donors (Lipinski definition) is 3. The summed E-state index contributed by atoms with van der Waals surface area (Å²) in [5.74, 6) is -2.01. The lowest BCUT2D eigenvalue weighted by Gasteiger charge is -2.32. The van der Waals surface area contributed by atoms with Crippen LogP contribution in [0.25, 0.3) is 11.0 Å². The molecule has 34 heavy (non-hydrogen) atoms. The minimum atomic E-state index is -1.42. The van der Waals surface area contributed by atoms with E-state index in [1.165, 1.54) is 22.8 Å². The molecule has 0 bridgehead atoms. The second-order valence-corrected chi connectivity index (χ2v) is 9.34. The summed E-state index contributed by atoms with van der Waals surface area (Å²) in [5.41, 5.74) is -1.14. The predicted molar refractivity (Wildman–Crippen MR) is 125 cm³/mol. The largest absolute Gasteiger partial charge is 0.477 e. The van der Waals surface area contributed by atoms with Crippen molar-refractivity contribution in [3.8, 4) is 5.88 Å². The van der Waals surface area contributed by atoms with Gasteiger partial charge in [-0.2, -0.15) is 4.98 Å². The van der Waals surface area contributed by atoms with Gasteiger partial charge >= 0.3 is 5.97 Å². The van der Waals surface area contributed by atoms with E-state index in [4.69, 9.17) is 16.3 Å². The molecule has 0 aliphatic carbocycles. The maximum atomic E-state index is 14.6. The Morgan fingerprint density at radius 2 is 1.97 bits per heavy atom. The first-order chi connectivity index (χ1) is 16.0. The van der Waals surface area contributed by atoms with Crippen molar-refractivity contribution in [2.75, 3.05) is 19.8 Å². The fourth-order valence-corrected chi connectivity index (χ4v) is 3.94. The number of halogens is 2. The summed E-state index contributed by atoms with van der Waals surface area (Å²) in [6.45, 7) is 4.82. The molecule has 8 nitrogen and oxygen atoms in total. The number of nitrogens with zero attached hydrogens (tertiary/aromatic N) is 2. The molecular formula is C24H26ClFN2O6. The van der Waals surface area contributed by atoms with Gasteiger partial charge in [-0.1, -0.05) is 44.5 Å². The third-order valence-electron chi connectivity index (χ3n) is 5.52. The third-order valence-corrected chi connectivity index (χ3v) is 5.82. The molecule has 182 valence electrons. The van der Waals surface area contributed by atoms with Crippen molar-refractivity contribution in [2.45, 2.75) is 33.2 Å². The van der Waals surface area contributed by atoms with Crippen molar-refractivity contribution in [3.63, 3.8) is 0 Å². The number of ether oxygens (including phenoxy) is 1.